The van der Waals surface area contributed by atoms with Gasteiger partial charge in [0.2, 0.25) is 0 Å². The van der Waals surface area contributed by atoms with Crippen LogP contribution in [0.25, 0.3) is 20.4 Å². The Morgan fingerprint density at radius 3 is 2.71 bits per heavy atom. The number of hydrogen-bond donors (Lipinski definition) is 1. The summed E-state index contributed by atoms with van der Waals surface area (Å²) in [6, 6.07) is 2.12. The second kappa shape index (κ2) is 7.40. The fourth-order valence-electron chi connectivity index (χ4n) is 3.08. The first-order valence-corrected chi connectivity index (χ1v) is 9.43. The summed E-state index contributed by atoms with van der Waals surface area (Å²) in [6.07, 6.45) is 2.76. The highest BCUT2D eigenvalue weighted by Gasteiger charge is 2.14. The minimum atomic E-state index is 0.919. The molecule has 0 aliphatic carbocycles. The molecule has 3 heterocycles. The molecule has 0 bridgehead atoms. The highest BCUT2D eigenvalue weighted by Crippen LogP contribution is 2.36. The maximum absolute atomic E-state index is 4.67. The Hall–Kier alpha value is -1.79. The maximum atomic E-state index is 4.67. The third-order valence-corrected chi connectivity index (χ3v) is 5.47. The number of rotatable bonds is 7. The van der Waals surface area contributed by atoms with E-state index in [2.05, 4.69) is 52.0 Å². The fourth-order valence-corrected chi connectivity index (χ4v) is 4.30. The average Bonchev–Trinajstić information content (AvgIpc) is 2.94. The lowest BCUT2D eigenvalue weighted by Gasteiger charge is -2.17. The van der Waals surface area contributed by atoms with Crippen molar-refractivity contribution in [2.24, 2.45) is 0 Å². The van der Waals surface area contributed by atoms with E-state index in [9.17, 15) is 0 Å². The van der Waals surface area contributed by atoms with Gasteiger partial charge in [0.15, 0.2) is 0 Å². The van der Waals surface area contributed by atoms with Crippen LogP contribution in [-0.2, 0) is 0 Å². The van der Waals surface area contributed by atoms with E-state index >= 15 is 0 Å². The molecular weight excluding hydrogens is 318 g/mol. The molecule has 6 heteroatoms. The highest BCUT2D eigenvalue weighted by molar-refractivity contribution is 7.26. The van der Waals surface area contributed by atoms with Gasteiger partial charge in [-0.3, -0.25) is 0 Å². The van der Waals surface area contributed by atoms with Crippen LogP contribution in [0.5, 0.6) is 0 Å². The molecule has 5 nitrogen and oxygen atoms in total. The number of aromatic nitrogens is 3. The number of hydrogen-bond acceptors (Lipinski definition) is 6. The molecule has 0 saturated heterocycles. The van der Waals surface area contributed by atoms with Gasteiger partial charge in [-0.05, 0) is 51.5 Å². The lowest BCUT2D eigenvalue weighted by molar-refractivity contribution is 0.303. The Morgan fingerprint density at radius 2 is 1.96 bits per heavy atom. The topological polar surface area (TPSA) is 53.9 Å². The molecule has 0 amide bonds. The van der Waals surface area contributed by atoms with Crippen molar-refractivity contribution in [3.63, 3.8) is 0 Å². The van der Waals surface area contributed by atoms with Crippen molar-refractivity contribution >= 4 is 37.6 Å². The van der Waals surface area contributed by atoms with Crippen LogP contribution < -0.4 is 5.32 Å². The minimum Gasteiger partial charge on any atom is -0.369 e. The van der Waals surface area contributed by atoms with Crippen LogP contribution >= 0.6 is 11.3 Å². The summed E-state index contributed by atoms with van der Waals surface area (Å²) in [4.78, 5) is 17.1. The van der Waals surface area contributed by atoms with E-state index in [4.69, 9.17) is 0 Å². The Kier molecular flexibility index (Phi) is 5.26. The molecule has 1 N–H and O–H groups in total. The molecule has 0 fully saturated rings. The number of thiophene rings is 1. The average molecular weight is 344 g/mol. The first-order chi connectivity index (χ1) is 11.6. The maximum Gasteiger partial charge on any atom is 0.147 e. The van der Waals surface area contributed by atoms with E-state index < -0.39 is 0 Å². The zero-order chi connectivity index (χ0) is 17.1. The molecule has 0 aliphatic rings. The Morgan fingerprint density at radius 1 is 1.17 bits per heavy atom. The summed E-state index contributed by atoms with van der Waals surface area (Å²) in [5, 5.41) is 4.65. The predicted octanol–water partition coefficient (Wildman–Crippen LogP) is 4.00. The Labute approximate surface area is 147 Å². The standard InChI is InChI=1S/C18H25N5S/c1-5-23(6-2)9-7-8-19-17-16-15(20-11-21-17)14-12(3)10-13(4)22-18(14)24-16/h10-11H,5-9H2,1-4H3,(H,19,20,21). The smallest absolute Gasteiger partial charge is 0.147 e. The second-order valence-electron chi connectivity index (χ2n) is 6.07. The van der Waals surface area contributed by atoms with Crippen molar-refractivity contribution in [1.29, 1.82) is 0 Å². The summed E-state index contributed by atoms with van der Waals surface area (Å²) in [5.74, 6) is 0.930. The van der Waals surface area contributed by atoms with E-state index in [1.807, 2.05) is 6.92 Å². The van der Waals surface area contributed by atoms with E-state index in [-0.39, 0.29) is 0 Å². The normalized spacial score (nSPS) is 11.7. The van der Waals surface area contributed by atoms with Crippen molar-refractivity contribution in [2.45, 2.75) is 34.1 Å². The molecule has 0 aliphatic heterocycles. The van der Waals surface area contributed by atoms with Gasteiger partial charge in [-0.2, -0.15) is 0 Å². The Balaban J connectivity index is 1.83. The molecule has 24 heavy (non-hydrogen) atoms. The van der Waals surface area contributed by atoms with Crippen molar-refractivity contribution < 1.29 is 0 Å². The molecule has 3 aromatic heterocycles. The van der Waals surface area contributed by atoms with Gasteiger partial charge >= 0.3 is 0 Å². The van der Waals surface area contributed by atoms with Gasteiger partial charge in [-0.1, -0.05) is 13.8 Å². The zero-order valence-corrected chi connectivity index (χ0v) is 15.7. The molecule has 3 aromatic rings. The van der Waals surface area contributed by atoms with Gasteiger partial charge < -0.3 is 10.2 Å². The highest BCUT2D eigenvalue weighted by atomic mass is 32.1. The van der Waals surface area contributed by atoms with Crippen molar-refractivity contribution in [3.05, 3.63) is 23.7 Å². The molecule has 0 atom stereocenters. The van der Waals surface area contributed by atoms with Gasteiger partial charge in [0, 0.05) is 17.6 Å². The number of anilines is 1. The molecule has 0 saturated carbocycles. The SMILES string of the molecule is CCN(CC)CCCNc1ncnc2c1sc1nc(C)cc(C)c12. The number of pyridine rings is 1. The molecule has 0 unspecified atom stereocenters. The zero-order valence-electron chi connectivity index (χ0n) is 14.9. The summed E-state index contributed by atoms with van der Waals surface area (Å²) < 4.78 is 1.11. The van der Waals surface area contributed by atoms with E-state index in [0.29, 0.717) is 0 Å². The van der Waals surface area contributed by atoms with Gasteiger partial charge in [-0.15, -0.1) is 11.3 Å². The molecule has 0 aromatic carbocycles. The molecule has 0 radical (unpaired) electrons. The monoisotopic (exact) mass is 343 g/mol. The van der Waals surface area contributed by atoms with Crippen LogP contribution in [0.3, 0.4) is 0 Å². The number of nitrogens with zero attached hydrogens (tertiary/aromatic N) is 4. The predicted molar refractivity (Wildman–Crippen MR) is 103 cm³/mol. The number of aryl methyl sites for hydroxylation is 2. The van der Waals surface area contributed by atoms with Crippen LogP contribution in [0.1, 0.15) is 31.5 Å². The van der Waals surface area contributed by atoms with E-state index in [1.54, 1.807) is 17.7 Å². The van der Waals surface area contributed by atoms with Crippen LogP contribution in [0.15, 0.2) is 12.4 Å². The van der Waals surface area contributed by atoms with Crippen molar-refractivity contribution in [2.75, 3.05) is 31.5 Å². The summed E-state index contributed by atoms with van der Waals surface area (Å²) in [7, 11) is 0. The second-order valence-corrected chi connectivity index (χ2v) is 7.07. The van der Waals surface area contributed by atoms with Gasteiger partial charge in [0.25, 0.3) is 0 Å². The van der Waals surface area contributed by atoms with Crippen molar-refractivity contribution in [3.8, 4) is 0 Å². The van der Waals surface area contributed by atoms with Crippen molar-refractivity contribution in [1.82, 2.24) is 19.9 Å². The lowest BCUT2D eigenvalue weighted by atomic mass is 10.1. The number of nitrogens with one attached hydrogen (secondary N) is 1. The van der Waals surface area contributed by atoms with Crippen LogP contribution in [-0.4, -0.2) is 46.0 Å². The molecule has 3 rings (SSSR count). The fraction of sp³-hybridized carbons (Fsp3) is 0.500. The van der Waals surface area contributed by atoms with Crippen LogP contribution in [0, 0.1) is 13.8 Å². The van der Waals surface area contributed by atoms with E-state index in [0.717, 1.165) is 64.5 Å². The molecular formula is C18H25N5S. The molecule has 0 spiro atoms. The largest absolute Gasteiger partial charge is 0.369 e. The van der Waals surface area contributed by atoms with Crippen LogP contribution in [0.4, 0.5) is 5.82 Å². The summed E-state index contributed by atoms with van der Waals surface area (Å²) >= 11 is 1.68. The summed E-state index contributed by atoms with van der Waals surface area (Å²) in [5.41, 5.74) is 3.30. The van der Waals surface area contributed by atoms with Gasteiger partial charge in [-0.25, -0.2) is 15.0 Å². The first-order valence-electron chi connectivity index (χ1n) is 8.61. The lowest BCUT2D eigenvalue weighted by Crippen LogP contribution is -2.25. The third kappa shape index (κ3) is 3.35. The van der Waals surface area contributed by atoms with Crippen LogP contribution in [0.2, 0.25) is 0 Å². The summed E-state index contributed by atoms with van der Waals surface area (Å²) in [6.45, 7) is 12.8. The Bertz CT molecular complexity index is 838. The van der Waals surface area contributed by atoms with Gasteiger partial charge in [0.1, 0.15) is 17.0 Å². The van der Waals surface area contributed by atoms with E-state index in [1.165, 1.54) is 5.56 Å². The third-order valence-electron chi connectivity index (χ3n) is 4.39. The first kappa shape index (κ1) is 17.0. The minimum absolute atomic E-state index is 0.919. The van der Waals surface area contributed by atoms with Gasteiger partial charge in [0.05, 0.1) is 10.2 Å². The number of fused-ring (bicyclic) bond motifs is 3. The molecule has 128 valence electrons. The quantitative estimate of drug-likeness (QED) is 0.657.